The molecule has 2 fully saturated rings. The van der Waals surface area contributed by atoms with Crippen LogP contribution in [-0.4, -0.2) is 54.5 Å². The van der Waals surface area contributed by atoms with Gasteiger partial charge >= 0.3 is 5.97 Å². The van der Waals surface area contributed by atoms with E-state index >= 15 is 0 Å². The molecule has 5 nitrogen and oxygen atoms in total. The van der Waals surface area contributed by atoms with Crippen molar-refractivity contribution in [2.24, 2.45) is 11.8 Å². The Bertz CT molecular complexity index is 452. The van der Waals surface area contributed by atoms with Gasteiger partial charge in [-0.05, 0) is 31.1 Å². The van der Waals surface area contributed by atoms with Gasteiger partial charge in [0.05, 0.1) is 17.9 Å². The van der Waals surface area contributed by atoms with Gasteiger partial charge in [-0.3, -0.25) is 9.69 Å². The van der Waals surface area contributed by atoms with Gasteiger partial charge in [0.1, 0.15) is 0 Å². The molecule has 3 atom stereocenters. The summed E-state index contributed by atoms with van der Waals surface area (Å²) in [6.45, 7) is 4.95. The summed E-state index contributed by atoms with van der Waals surface area (Å²) in [5, 5.41) is 9.03. The van der Waals surface area contributed by atoms with E-state index in [9.17, 15) is 13.2 Å². The van der Waals surface area contributed by atoms with Crippen LogP contribution >= 0.6 is 0 Å². The first-order valence-electron chi connectivity index (χ1n) is 7.45. The van der Waals surface area contributed by atoms with E-state index in [1.165, 1.54) is 6.42 Å². The summed E-state index contributed by atoms with van der Waals surface area (Å²) < 4.78 is 23.6. The summed E-state index contributed by atoms with van der Waals surface area (Å²) in [6.07, 6.45) is 3.26. The average molecular weight is 303 g/mol. The predicted molar refractivity (Wildman–Crippen MR) is 77.4 cm³/mol. The minimum absolute atomic E-state index is 0.00143. The summed E-state index contributed by atoms with van der Waals surface area (Å²) in [7, 11) is -3.08. The normalized spacial score (nSPS) is 38.5. The zero-order valence-corrected chi connectivity index (χ0v) is 13.1. The van der Waals surface area contributed by atoms with E-state index in [2.05, 4.69) is 18.7 Å². The largest absolute Gasteiger partial charge is 0.481 e. The van der Waals surface area contributed by atoms with Gasteiger partial charge < -0.3 is 5.11 Å². The van der Waals surface area contributed by atoms with Crippen LogP contribution in [0.2, 0.25) is 0 Å². The highest BCUT2D eigenvalue weighted by Gasteiger charge is 2.38. The number of hydrogen-bond acceptors (Lipinski definition) is 4. The molecule has 2 rings (SSSR count). The van der Waals surface area contributed by atoms with Crippen molar-refractivity contribution in [3.05, 3.63) is 0 Å². The Hall–Kier alpha value is -0.620. The molecule has 1 saturated carbocycles. The molecular weight excluding hydrogens is 278 g/mol. The van der Waals surface area contributed by atoms with Crippen molar-refractivity contribution in [1.82, 2.24) is 4.90 Å². The summed E-state index contributed by atoms with van der Waals surface area (Å²) >= 11 is 0. The van der Waals surface area contributed by atoms with Crippen LogP contribution in [0.15, 0.2) is 0 Å². The van der Waals surface area contributed by atoms with Crippen LogP contribution in [-0.2, 0) is 14.6 Å². The Morgan fingerprint density at radius 3 is 2.35 bits per heavy atom. The average Bonchev–Trinajstić information content (AvgIpc) is 2.25. The summed E-state index contributed by atoms with van der Waals surface area (Å²) in [5.41, 5.74) is 0. The highest BCUT2D eigenvalue weighted by atomic mass is 32.2. The van der Waals surface area contributed by atoms with E-state index in [4.69, 9.17) is 5.11 Å². The van der Waals surface area contributed by atoms with Gasteiger partial charge in [0, 0.05) is 18.6 Å². The monoisotopic (exact) mass is 303 g/mol. The van der Waals surface area contributed by atoms with Crippen molar-refractivity contribution in [2.75, 3.05) is 18.1 Å². The van der Waals surface area contributed by atoms with Crippen molar-refractivity contribution in [3.63, 3.8) is 0 Å². The number of carboxylic acid groups (broad SMARTS) is 1. The van der Waals surface area contributed by atoms with Crippen molar-refractivity contribution in [2.45, 2.75) is 51.6 Å². The highest BCUT2D eigenvalue weighted by Crippen LogP contribution is 2.34. The Kier molecular flexibility index (Phi) is 4.74. The van der Waals surface area contributed by atoms with Crippen LogP contribution in [0.5, 0.6) is 0 Å². The van der Waals surface area contributed by atoms with Gasteiger partial charge in [0.2, 0.25) is 0 Å². The fourth-order valence-electron chi connectivity index (χ4n) is 3.93. The lowest BCUT2D eigenvalue weighted by atomic mass is 9.79. The number of rotatable bonds is 3. The molecule has 20 heavy (non-hydrogen) atoms. The Labute approximate surface area is 121 Å². The number of sulfone groups is 1. The third-order valence-electron chi connectivity index (χ3n) is 4.61. The number of hydrogen-bond donors (Lipinski definition) is 1. The lowest BCUT2D eigenvalue weighted by molar-refractivity contribution is -0.138. The maximum Gasteiger partial charge on any atom is 0.304 e. The second-order valence-corrected chi connectivity index (χ2v) is 8.90. The summed E-state index contributed by atoms with van der Waals surface area (Å²) in [4.78, 5) is 13.2. The number of aliphatic carboxylic acids is 1. The van der Waals surface area contributed by atoms with Crippen molar-refractivity contribution in [3.8, 4) is 0 Å². The second-order valence-electron chi connectivity index (χ2n) is 6.68. The maximum atomic E-state index is 11.8. The van der Waals surface area contributed by atoms with Crippen LogP contribution in [0, 0.1) is 11.8 Å². The molecule has 0 spiro atoms. The minimum Gasteiger partial charge on any atom is -0.481 e. The lowest BCUT2D eigenvalue weighted by Gasteiger charge is -2.44. The molecule has 6 heteroatoms. The van der Waals surface area contributed by atoms with E-state index in [1.807, 2.05) is 0 Å². The van der Waals surface area contributed by atoms with Gasteiger partial charge in [0.15, 0.2) is 9.84 Å². The van der Waals surface area contributed by atoms with E-state index in [1.54, 1.807) is 0 Å². The molecule has 1 saturated heterocycles. The van der Waals surface area contributed by atoms with Gasteiger partial charge in [-0.2, -0.15) is 0 Å². The van der Waals surface area contributed by atoms with Crippen LogP contribution in [0.4, 0.5) is 0 Å². The number of nitrogens with zero attached hydrogens (tertiary/aromatic N) is 1. The first-order chi connectivity index (χ1) is 9.27. The van der Waals surface area contributed by atoms with Gasteiger partial charge in [-0.15, -0.1) is 0 Å². The van der Waals surface area contributed by atoms with Gasteiger partial charge in [-0.1, -0.05) is 13.8 Å². The highest BCUT2D eigenvalue weighted by molar-refractivity contribution is 7.91. The molecule has 0 aromatic rings. The molecule has 0 amide bonds. The van der Waals surface area contributed by atoms with Crippen molar-refractivity contribution >= 4 is 15.8 Å². The first kappa shape index (κ1) is 15.8. The molecule has 1 heterocycles. The number of carboxylic acids is 1. The molecule has 3 unspecified atom stereocenters. The lowest BCUT2D eigenvalue weighted by Crippen LogP contribution is -2.55. The third kappa shape index (κ3) is 3.95. The van der Waals surface area contributed by atoms with Gasteiger partial charge in [-0.25, -0.2) is 8.42 Å². The molecule has 0 aromatic carbocycles. The zero-order valence-electron chi connectivity index (χ0n) is 12.3. The summed E-state index contributed by atoms with van der Waals surface area (Å²) in [5.74, 6) is 0.524. The fraction of sp³-hybridized carbons (Fsp3) is 0.929. The minimum atomic E-state index is -3.08. The quantitative estimate of drug-likeness (QED) is 0.852. The van der Waals surface area contributed by atoms with E-state index in [-0.39, 0.29) is 24.0 Å². The van der Waals surface area contributed by atoms with Crippen molar-refractivity contribution < 1.29 is 18.3 Å². The van der Waals surface area contributed by atoms with Crippen LogP contribution in [0.25, 0.3) is 0 Å². The zero-order chi connectivity index (χ0) is 14.9. The number of carbonyl (C=O) groups is 1. The molecule has 1 N–H and O–H groups in total. The van der Waals surface area contributed by atoms with Crippen LogP contribution in [0.1, 0.15) is 39.5 Å². The molecule has 2 aliphatic rings. The second kappa shape index (κ2) is 6.02. The Morgan fingerprint density at radius 2 is 1.80 bits per heavy atom. The Morgan fingerprint density at radius 1 is 1.20 bits per heavy atom. The molecular formula is C14H25NO4S. The van der Waals surface area contributed by atoms with E-state index in [0.29, 0.717) is 24.4 Å². The molecule has 0 radical (unpaired) electrons. The predicted octanol–water partition coefficient (Wildman–Crippen LogP) is 1.38. The molecule has 0 aromatic heterocycles. The smallest absolute Gasteiger partial charge is 0.304 e. The molecule has 0 bridgehead atoms. The Balaban J connectivity index is 2.12. The van der Waals surface area contributed by atoms with E-state index < -0.39 is 15.8 Å². The maximum absolute atomic E-state index is 11.8. The fourth-order valence-corrected chi connectivity index (χ4v) is 5.48. The standard InChI is InChI=1S/C14H25NO4S/c1-10-5-11(2)7-12(6-10)15-3-4-20(18,19)9-13(15)8-14(16)17/h10-13H,3-9H2,1-2H3,(H,16,17). The van der Waals surface area contributed by atoms with Crippen LogP contribution in [0.3, 0.4) is 0 Å². The molecule has 1 aliphatic carbocycles. The topological polar surface area (TPSA) is 74.7 Å². The van der Waals surface area contributed by atoms with Crippen LogP contribution < -0.4 is 0 Å². The first-order valence-corrected chi connectivity index (χ1v) is 9.27. The molecule has 116 valence electrons. The molecule has 1 aliphatic heterocycles. The van der Waals surface area contributed by atoms with Crippen molar-refractivity contribution in [1.29, 1.82) is 0 Å². The third-order valence-corrected chi connectivity index (χ3v) is 6.31. The summed E-state index contributed by atoms with van der Waals surface area (Å²) in [6, 6.07) is -0.0117. The van der Waals surface area contributed by atoms with E-state index in [0.717, 1.165) is 12.8 Å². The SMILES string of the molecule is CC1CC(C)CC(N2CCS(=O)(=O)CC2CC(=O)O)C1. The van der Waals surface area contributed by atoms with Gasteiger partial charge in [0.25, 0.3) is 0 Å².